The molecule has 0 radical (unpaired) electrons. The Balaban J connectivity index is 3.00. The van der Waals surface area contributed by atoms with E-state index in [0.29, 0.717) is 0 Å². The van der Waals surface area contributed by atoms with Gasteiger partial charge < -0.3 is 9.47 Å². The summed E-state index contributed by atoms with van der Waals surface area (Å²) in [5.74, 6) is -2.17. The SMILES string of the molecule is COCCOc1cc(Cl)ccc1C(=O)C(F)(F)F. The molecule has 1 rings (SSSR count). The van der Waals surface area contributed by atoms with E-state index in [2.05, 4.69) is 0 Å². The number of ketones is 1. The highest BCUT2D eigenvalue weighted by Gasteiger charge is 2.40. The van der Waals surface area contributed by atoms with Crippen molar-refractivity contribution in [3.05, 3.63) is 28.8 Å². The molecule has 0 aliphatic rings. The van der Waals surface area contributed by atoms with Gasteiger partial charge in [0.1, 0.15) is 12.4 Å². The molecule has 18 heavy (non-hydrogen) atoms. The van der Waals surface area contributed by atoms with Crippen molar-refractivity contribution < 1.29 is 27.4 Å². The normalized spacial score (nSPS) is 11.4. The van der Waals surface area contributed by atoms with Crippen LogP contribution in [0.4, 0.5) is 13.2 Å². The Bertz CT molecular complexity index is 432. The van der Waals surface area contributed by atoms with Gasteiger partial charge in [-0.2, -0.15) is 13.2 Å². The lowest BCUT2D eigenvalue weighted by molar-refractivity contribution is -0.0886. The molecule has 0 aromatic heterocycles. The van der Waals surface area contributed by atoms with Crippen LogP contribution in [-0.4, -0.2) is 32.3 Å². The van der Waals surface area contributed by atoms with Gasteiger partial charge in [0.2, 0.25) is 0 Å². The Morgan fingerprint density at radius 1 is 1.33 bits per heavy atom. The number of hydrogen-bond acceptors (Lipinski definition) is 3. The summed E-state index contributed by atoms with van der Waals surface area (Å²) in [4.78, 5) is 11.2. The molecule has 0 heterocycles. The molecular weight excluding hydrogens is 273 g/mol. The lowest BCUT2D eigenvalue weighted by Crippen LogP contribution is -2.23. The summed E-state index contributed by atoms with van der Waals surface area (Å²) < 4.78 is 46.8. The van der Waals surface area contributed by atoms with E-state index in [0.717, 1.165) is 12.1 Å². The molecule has 0 unspecified atom stereocenters. The lowest BCUT2D eigenvalue weighted by atomic mass is 10.1. The molecule has 1 aromatic carbocycles. The molecule has 0 N–H and O–H groups in total. The standard InChI is InChI=1S/C11H10ClF3O3/c1-17-4-5-18-9-6-7(12)2-3-8(9)10(16)11(13,14)15/h2-3,6H,4-5H2,1H3. The number of methoxy groups -OCH3 is 1. The molecule has 0 saturated carbocycles. The molecule has 100 valence electrons. The molecule has 0 fully saturated rings. The molecule has 3 nitrogen and oxygen atoms in total. The van der Waals surface area contributed by atoms with Gasteiger partial charge in [0, 0.05) is 12.1 Å². The zero-order valence-electron chi connectivity index (χ0n) is 9.38. The second-order valence-electron chi connectivity index (χ2n) is 3.31. The highest BCUT2D eigenvalue weighted by atomic mass is 35.5. The van der Waals surface area contributed by atoms with Crippen molar-refractivity contribution in [2.75, 3.05) is 20.3 Å². The first-order valence-corrected chi connectivity index (χ1v) is 5.27. The fourth-order valence-electron chi connectivity index (χ4n) is 1.19. The largest absolute Gasteiger partial charge is 0.490 e. The van der Waals surface area contributed by atoms with Crippen molar-refractivity contribution in [1.82, 2.24) is 0 Å². The maximum Gasteiger partial charge on any atom is 0.455 e. The van der Waals surface area contributed by atoms with E-state index in [9.17, 15) is 18.0 Å². The first kappa shape index (κ1) is 14.8. The van der Waals surface area contributed by atoms with Gasteiger partial charge in [-0.25, -0.2) is 0 Å². The fraction of sp³-hybridized carbons (Fsp3) is 0.364. The third-order valence-corrected chi connectivity index (χ3v) is 2.23. The number of carbonyl (C=O) groups excluding carboxylic acids is 1. The third-order valence-electron chi connectivity index (χ3n) is 1.99. The molecule has 0 aliphatic heterocycles. The summed E-state index contributed by atoms with van der Waals surface area (Å²) >= 11 is 5.64. The summed E-state index contributed by atoms with van der Waals surface area (Å²) in [5, 5.41) is 0.182. The third kappa shape index (κ3) is 3.89. The van der Waals surface area contributed by atoms with Crippen molar-refractivity contribution in [2.45, 2.75) is 6.18 Å². The average molecular weight is 283 g/mol. The molecule has 0 bridgehead atoms. The summed E-state index contributed by atoms with van der Waals surface area (Å²) in [5.41, 5.74) is -0.567. The minimum absolute atomic E-state index is 0.0228. The topological polar surface area (TPSA) is 35.5 Å². The predicted octanol–water partition coefficient (Wildman–Crippen LogP) is 3.11. The van der Waals surface area contributed by atoms with Crippen LogP contribution in [0.2, 0.25) is 5.02 Å². The van der Waals surface area contributed by atoms with Gasteiger partial charge in [-0.15, -0.1) is 0 Å². The van der Waals surface area contributed by atoms with Gasteiger partial charge in [0.25, 0.3) is 5.78 Å². The van der Waals surface area contributed by atoms with E-state index in [-0.39, 0.29) is 24.0 Å². The number of hydrogen-bond donors (Lipinski definition) is 0. The van der Waals surface area contributed by atoms with Gasteiger partial charge in [0.15, 0.2) is 0 Å². The molecule has 7 heteroatoms. The van der Waals surface area contributed by atoms with E-state index >= 15 is 0 Å². The Morgan fingerprint density at radius 3 is 2.56 bits per heavy atom. The quantitative estimate of drug-likeness (QED) is 0.615. The summed E-state index contributed by atoms with van der Waals surface area (Å²) in [7, 11) is 1.42. The smallest absolute Gasteiger partial charge is 0.455 e. The highest BCUT2D eigenvalue weighted by molar-refractivity contribution is 6.30. The molecule has 0 spiro atoms. The van der Waals surface area contributed by atoms with Crippen molar-refractivity contribution in [3.8, 4) is 5.75 Å². The number of rotatable bonds is 5. The van der Waals surface area contributed by atoms with Crippen LogP contribution < -0.4 is 4.74 Å². The Kier molecular flexibility index (Phi) is 4.98. The Hall–Kier alpha value is -1.27. The zero-order valence-corrected chi connectivity index (χ0v) is 10.1. The van der Waals surface area contributed by atoms with Crippen LogP contribution in [0.3, 0.4) is 0 Å². The number of alkyl halides is 3. The first-order chi connectivity index (χ1) is 8.36. The van der Waals surface area contributed by atoms with Crippen LogP contribution in [0.25, 0.3) is 0 Å². The number of carbonyl (C=O) groups is 1. The molecule has 0 aliphatic carbocycles. The van der Waals surface area contributed by atoms with E-state index in [1.807, 2.05) is 0 Å². The average Bonchev–Trinajstić information content (AvgIpc) is 2.27. The monoisotopic (exact) mass is 282 g/mol. The van der Waals surface area contributed by atoms with Crippen LogP contribution in [0.1, 0.15) is 10.4 Å². The fourth-order valence-corrected chi connectivity index (χ4v) is 1.35. The van der Waals surface area contributed by atoms with E-state index in [4.69, 9.17) is 21.1 Å². The maximum absolute atomic E-state index is 12.3. The van der Waals surface area contributed by atoms with Gasteiger partial charge >= 0.3 is 6.18 Å². The Morgan fingerprint density at radius 2 is 2.00 bits per heavy atom. The second kappa shape index (κ2) is 6.06. The molecular formula is C11H10ClF3O3. The van der Waals surface area contributed by atoms with Gasteiger partial charge in [-0.1, -0.05) is 11.6 Å². The number of halogens is 4. The molecule has 0 atom stereocenters. The van der Waals surface area contributed by atoms with Gasteiger partial charge in [-0.05, 0) is 18.2 Å². The summed E-state index contributed by atoms with van der Waals surface area (Å²) in [6, 6.07) is 3.35. The second-order valence-corrected chi connectivity index (χ2v) is 3.75. The minimum Gasteiger partial charge on any atom is -0.490 e. The number of benzene rings is 1. The first-order valence-electron chi connectivity index (χ1n) is 4.89. The van der Waals surface area contributed by atoms with E-state index in [1.165, 1.54) is 13.2 Å². The van der Waals surface area contributed by atoms with Crippen LogP contribution >= 0.6 is 11.6 Å². The number of ether oxygens (including phenoxy) is 2. The van der Waals surface area contributed by atoms with Crippen LogP contribution in [-0.2, 0) is 4.74 Å². The zero-order chi connectivity index (χ0) is 13.8. The van der Waals surface area contributed by atoms with E-state index in [1.54, 1.807) is 0 Å². The molecule has 0 saturated heterocycles. The molecule has 0 amide bonds. The maximum atomic E-state index is 12.3. The minimum atomic E-state index is -4.95. The predicted molar refractivity (Wildman–Crippen MR) is 59.2 cm³/mol. The van der Waals surface area contributed by atoms with E-state index < -0.39 is 17.5 Å². The lowest BCUT2D eigenvalue weighted by Gasteiger charge is -2.12. The van der Waals surface area contributed by atoms with Crippen LogP contribution in [0.15, 0.2) is 18.2 Å². The molecule has 1 aromatic rings. The van der Waals surface area contributed by atoms with Gasteiger partial charge in [0.05, 0.1) is 12.2 Å². The summed E-state index contributed by atoms with van der Waals surface area (Å²) in [6.07, 6.45) is -4.95. The van der Waals surface area contributed by atoms with Crippen molar-refractivity contribution in [2.24, 2.45) is 0 Å². The van der Waals surface area contributed by atoms with Crippen molar-refractivity contribution in [1.29, 1.82) is 0 Å². The van der Waals surface area contributed by atoms with Crippen molar-refractivity contribution in [3.63, 3.8) is 0 Å². The van der Waals surface area contributed by atoms with Gasteiger partial charge in [-0.3, -0.25) is 4.79 Å². The van der Waals surface area contributed by atoms with Crippen LogP contribution in [0, 0.1) is 0 Å². The number of Topliss-reactive ketones (excluding diaryl/α,β-unsaturated/α-hetero) is 1. The van der Waals surface area contributed by atoms with Crippen LogP contribution in [0.5, 0.6) is 5.75 Å². The Labute approximate surface area is 106 Å². The summed E-state index contributed by atoms with van der Waals surface area (Å²) in [6.45, 7) is 0.209. The highest BCUT2D eigenvalue weighted by Crippen LogP contribution is 2.29. The van der Waals surface area contributed by atoms with Crippen molar-refractivity contribution >= 4 is 17.4 Å².